The highest BCUT2D eigenvalue weighted by atomic mass is 32.2. The monoisotopic (exact) mass is 422 g/mol. The largest absolute Gasteiger partial charge is 0.458 e. The molecule has 0 radical (unpaired) electrons. The highest BCUT2D eigenvalue weighted by Gasteiger charge is 2.36. The van der Waals surface area contributed by atoms with Crippen LogP contribution >= 0.6 is 11.8 Å². The fraction of sp³-hybridized carbons (Fsp3) is 0.286. The van der Waals surface area contributed by atoms with Gasteiger partial charge in [-0.15, -0.1) is 11.8 Å². The predicted molar refractivity (Wildman–Crippen MR) is 106 cm³/mol. The number of thioether (sulfide) groups is 1. The summed E-state index contributed by atoms with van der Waals surface area (Å²) in [5, 5.41) is 11.3. The van der Waals surface area contributed by atoms with Crippen LogP contribution in [0.3, 0.4) is 0 Å². The Morgan fingerprint density at radius 2 is 2.03 bits per heavy atom. The first-order valence-electron chi connectivity index (χ1n) is 9.64. The van der Waals surface area contributed by atoms with Crippen LogP contribution in [0, 0.1) is 0 Å². The van der Waals surface area contributed by atoms with Crippen LogP contribution in [0.5, 0.6) is 11.5 Å². The van der Waals surface area contributed by atoms with Crippen molar-refractivity contribution < 1.29 is 24.1 Å². The van der Waals surface area contributed by atoms with Crippen LogP contribution in [-0.2, 0) is 29.1 Å². The maximum absolute atomic E-state index is 13.2. The minimum atomic E-state index is -1.45. The Bertz CT molecular complexity index is 1400. The lowest BCUT2D eigenvalue weighted by atomic mass is 9.97. The fourth-order valence-electron chi connectivity index (χ4n) is 4.87. The van der Waals surface area contributed by atoms with E-state index in [9.17, 15) is 14.7 Å². The third kappa shape index (κ3) is 1.94. The van der Waals surface area contributed by atoms with Crippen molar-refractivity contribution in [3.63, 3.8) is 0 Å². The summed E-state index contributed by atoms with van der Waals surface area (Å²) in [4.78, 5) is 30.9. The Morgan fingerprint density at radius 3 is 2.93 bits per heavy atom. The molecule has 1 N–H and O–H groups in total. The summed E-state index contributed by atoms with van der Waals surface area (Å²) in [6.07, 6.45) is -0.585. The Balaban J connectivity index is 1.54. The summed E-state index contributed by atoms with van der Waals surface area (Å²) in [6.45, 7) is 0.495. The molecule has 1 atom stereocenters. The first-order chi connectivity index (χ1) is 14.6. The summed E-state index contributed by atoms with van der Waals surface area (Å²) < 4.78 is 17.9. The first kappa shape index (κ1) is 16.7. The highest BCUT2D eigenvalue weighted by molar-refractivity contribution is 7.99. The topological polar surface area (TPSA) is 99.9 Å². The van der Waals surface area contributed by atoms with Gasteiger partial charge in [-0.25, -0.2) is 9.78 Å². The molecular formula is C21H14N2O6S. The molecule has 0 bridgehead atoms. The van der Waals surface area contributed by atoms with Gasteiger partial charge in [0.2, 0.25) is 6.79 Å². The predicted octanol–water partition coefficient (Wildman–Crippen LogP) is 1.89. The van der Waals surface area contributed by atoms with Crippen molar-refractivity contribution in [2.45, 2.75) is 30.6 Å². The average Bonchev–Trinajstić information content (AvgIpc) is 3.37. The van der Waals surface area contributed by atoms with E-state index in [1.807, 2.05) is 6.07 Å². The maximum Gasteiger partial charge on any atom is 0.340 e. The third-order valence-electron chi connectivity index (χ3n) is 6.25. The lowest BCUT2D eigenvalue weighted by Gasteiger charge is -2.21. The molecule has 1 aromatic carbocycles. The molecule has 4 aliphatic rings. The molecule has 0 fully saturated rings. The summed E-state index contributed by atoms with van der Waals surface area (Å²) in [6, 6.07) is 3.60. The van der Waals surface area contributed by atoms with E-state index in [0.29, 0.717) is 29.1 Å². The fourth-order valence-corrected chi connectivity index (χ4v) is 6.04. The van der Waals surface area contributed by atoms with Crippen molar-refractivity contribution in [1.82, 2.24) is 9.55 Å². The molecule has 3 aromatic rings. The van der Waals surface area contributed by atoms with E-state index in [1.165, 1.54) is 5.56 Å². The van der Waals surface area contributed by atoms with Gasteiger partial charge in [0.05, 0.1) is 33.9 Å². The Labute approximate surface area is 173 Å². The molecule has 6 heterocycles. The lowest BCUT2D eigenvalue weighted by molar-refractivity contribution is -0.157. The number of aliphatic hydroxyl groups is 1. The molecular weight excluding hydrogens is 408 g/mol. The van der Waals surface area contributed by atoms with Gasteiger partial charge in [-0.2, -0.15) is 0 Å². The number of aromatic nitrogens is 2. The van der Waals surface area contributed by atoms with Gasteiger partial charge in [-0.1, -0.05) is 0 Å². The molecule has 150 valence electrons. The van der Waals surface area contributed by atoms with Crippen LogP contribution in [0.15, 0.2) is 21.8 Å². The third-order valence-corrected chi connectivity index (χ3v) is 7.34. The average molecular weight is 422 g/mol. The van der Waals surface area contributed by atoms with Crippen LogP contribution in [0.25, 0.3) is 22.3 Å². The van der Waals surface area contributed by atoms with Crippen molar-refractivity contribution in [2.75, 3.05) is 12.5 Å². The molecule has 1 unspecified atom stereocenters. The highest BCUT2D eigenvalue weighted by Crippen LogP contribution is 2.51. The number of hydrogen-bond acceptors (Lipinski definition) is 8. The van der Waals surface area contributed by atoms with Gasteiger partial charge in [-0.05, 0) is 18.1 Å². The SMILES string of the molecule is O=C1OCc2c(cc3n(c2=O)Cc2c-3nc3cc4c(c5c3c2CCS5)OCO4)C1O. The Hall–Kier alpha value is -3.04. The van der Waals surface area contributed by atoms with Crippen LogP contribution in [0.2, 0.25) is 0 Å². The van der Waals surface area contributed by atoms with Crippen LogP contribution < -0.4 is 15.0 Å². The lowest BCUT2D eigenvalue weighted by Crippen LogP contribution is -2.32. The number of pyridine rings is 2. The standard InChI is InChI=1S/C21H14N2O6S/c24-17-9-3-13-16-10(5-23(13)20(25)11(9)6-27-21(17)26)8-1-2-30-19-15(8)12(22-16)4-14-18(19)29-7-28-14/h3-4,17,24H,1-2,5-7H2. The zero-order valence-corrected chi connectivity index (χ0v) is 16.4. The number of rotatable bonds is 0. The van der Waals surface area contributed by atoms with E-state index in [0.717, 1.165) is 45.0 Å². The van der Waals surface area contributed by atoms with E-state index >= 15 is 0 Å². The van der Waals surface area contributed by atoms with Crippen LogP contribution in [0.4, 0.5) is 0 Å². The second kappa shape index (κ2) is 5.55. The van der Waals surface area contributed by atoms with Gasteiger partial charge >= 0.3 is 5.97 Å². The molecule has 7 rings (SSSR count). The second-order valence-electron chi connectivity index (χ2n) is 7.71. The number of carbonyl (C=O) groups is 1. The van der Waals surface area contributed by atoms with E-state index in [1.54, 1.807) is 22.4 Å². The minimum absolute atomic E-state index is 0.120. The number of cyclic esters (lactones) is 1. The number of hydrogen-bond donors (Lipinski definition) is 1. The molecule has 0 saturated carbocycles. The van der Waals surface area contributed by atoms with E-state index < -0.39 is 12.1 Å². The summed E-state index contributed by atoms with van der Waals surface area (Å²) in [7, 11) is 0. The number of esters is 1. The van der Waals surface area contributed by atoms with E-state index in [2.05, 4.69) is 0 Å². The molecule has 30 heavy (non-hydrogen) atoms. The Morgan fingerprint density at radius 1 is 1.13 bits per heavy atom. The smallest absolute Gasteiger partial charge is 0.340 e. The molecule has 0 spiro atoms. The van der Waals surface area contributed by atoms with Crippen molar-refractivity contribution in [3.8, 4) is 22.9 Å². The van der Waals surface area contributed by atoms with Gasteiger partial charge in [-0.3, -0.25) is 4.79 Å². The summed E-state index contributed by atoms with van der Waals surface area (Å²) in [5.74, 6) is 1.63. The van der Waals surface area contributed by atoms with Crippen LogP contribution in [-0.4, -0.2) is 33.2 Å². The normalized spacial score (nSPS) is 20.0. The van der Waals surface area contributed by atoms with Crippen molar-refractivity contribution in [1.29, 1.82) is 0 Å². The number of fused-ring (bicyclic) bond motifs is 7. The molecule has 0 aliphatic carbocycles. The van der Waals surface area contributed by atoms with E-state index in [4.69, 9.17) is 19.2 Å². The zero-order valence-electron chi connectivity index (χ0n) is 15.6. The van der Waals surface area contributed by atoms with E-state index in [-0.39, 0.29) is 19.0 Å². The first-order valence-corrected chi connectivity index (χ1v) is 10.6. The van der Waals surface area contributed by atoms with Crippen molar-refractivity contribution >= 4 is 28.6 Å². The molecule has 0 saturated heterocycles. The molecule has 4 aliphatic heterocycles. The number of benzene rings is 1. The minimum Gasteiger partial charge on any atom is -0.458 e. The number of aliphatic hydroxyl groups excluding tert-OH is 1. The van der Waals surface area contributed by atoms with Gasteiger partial charge in [0.15, 0.2) is 17.6 Å². The van der Waals surface area contributed by atoms with Crippen molar-refractivity contribution in [3.05, 3.63) is 44.7 Å². The number of carbonyl (C=O) groups excluding carboxylic acids is 1. The van der Waals surface area contributed by atoms with Gasteiger partial charge in [0.1, 0.15) is 6.61 Å². The molecule has 0 amide bonds. The number of aryl methyl sites for hydroxylation is 1. The quantitative estimate of drug-likeness (QED) is 0.429. The van der Waals surface area contributed by atoms with Crippen molar-refractivity contribution in [2.24, 2.45) is 0 Å². The summed E-state index contributed by atoms with van der Waals surface area (Å²) in [5.41, 5.74) is 4.73. The van der Waals surface area contributed by atoms with Gasteiger partial charge < -0.3 is 23.9 Å². The maximum atomic E-state index is 13.2. The molecule has 2 aromatic heterocycles. The van der Waals surface area contributed by atoms with Gasteiger partial charge in [0, 0.05) is 28.3 Å². The second-order valence-corrected chi connectivity index (χ2v) is 8.82. The number of ether oxygens (including phenoxy) is 3. The Kier molecular flexibility index (Phi) is 3.10. The molecule has 9 heteroatoms. The van der Waals surface area contributed by atoms with Crippen LogP contribution in [0.1, 0.15) is 28.4 Å². The van der Waals surface area contributed by atoms with Gasteiger partial charge in [0.25, 0.3) is 5.56 Å². The number of nitrogens with zero attached hydrogens (tertiary/aromatic N) is 2. The molecule has 8 nitrogen and oxygen atoms in total. The summed E-state index contributed by atoms with van der Waals surface area (Å²) >= 11 is 1.74. The zero-order chi connectivity index (χ0) is 20.1.